The smallest absolute Gasteiger partial charge is 0.224 e. The highest BCUT2D eigenvalue weighted by molar-refractivity contribution is 5.79. The second kappa shape index (κ2) is 6.71. The number of carbonyl (C=O) groups is 1. The van der Waals surface area contributed by atoms with Crippen LogP contribution in [-0.2, 0) is 16.8 Å². The van der Waals surface area contributed by atoms with E-state index in [0.29, 0.717) is 6.54 Å². The average Bonchev–Trinajstić information content (AvgIpc) is 2.38. The van der Waals surface area contributed by atoms with E-state index < -0.39 is 0 Å². The Balaban J connectivity index is 2.76. The van der Waals surface area contributed by atoms with Crippen molar-refractivity contribution in [2.45, 2.75) is 39.7 Å². The highest BCUT2D eigenvalue weighted by Crippen LogP contribution is 2.21. The van der Waals surface area contributed by atoms with Crippen LogP contribution in [0.25, 0.3) is 0 Å². The van der Waals surface area contributed by atoms with Crippen LogP contribution in [0.5, 0.6) is 0 Å². The van der Waals surface area contributed by atoms with Crippen LogP contribution in [0.4, 0.5) is 0 Å². The van der Waals surface area contributed by atoms with Crippen LogP contribution in [0.2, 0.25) is 0 Å². The maximum atomic E-state index is 12.1. The van der Waals surface area contributed by atoms with Gasteiger partial charge in [0.15, 0.2) is 0 Å². The highest BCUT2D eigenvalue weighted by Gasteiger charge is 2.24. The van der Waals surface area contributed by atoms with Crippen molar-refractivity contribution in [2.24, 2.45) is 5.92 Å². The Kier molecular flexibility index (Phi) is 5.55. The van der Waals surface area contributed by atoms with Crippen LogP contribution >= 0.6 is 0 Å². The Labute approximate surface area is 116 Å². The van der Waals surface area contributed by atoms with Crippen LogP contribution in [0.15, 0.2) is 24.3 Å². The maximum absolute atomic E-state index is 12.1. The normalized spacial score (nSPS) is 13.1. The van der Waals surface area contributed by atoms with Gasteiger partial charge in [-0.15, -0.1) is 0 Å². The summed E-state index contributed by atoms with van der Waals surface area (Å²) >= 11 is 0. The van der Waals surface area contributed by atoms with Gasteiger partial charge in [-0.05, 0) is 38.4 Å². The molecule has 0 bridgehead atoms. The number of aryl methyl sites for hydroxylation is 1. The molecule has 0 radical (unpaired) electrons. The summed E-state index contributed by atoms with van der Waals surface area (Å²) in [5.41, 5.74) is 2.11. The Morgan fingerprint density at radius 1 is 1.26 bits per heavy atom. The monoisotopic (exact) mass is 262 g/mol. The number of amides is 1. The number of rotatable bonds is 6. The van der Waals surface area contributed by atoms with Crippen LogP contribution in [0.1, 0.15) is 38.8 Å². The Bertz CT molecular complexity index is 409. The van der Waals surface area contributed by atoms with Crippen LogP contribution < -0.4 is 10.6 Å². The standard InChI is InChI=1S/C16H26N2O/c1-6-13-7-9-14(10-8-13)16(3,4)18-15(19)12(2)11-17-5/h7-10,12,17H,6,11H2,1-5H3,(H,18,19). The van der Waals surface area contributed by atoms with Gasteiger partial charge in [0.1, 0.15) is 0 Å². The minimum absolute atomic E-state index is 0.0285. The molecule has 106 valence electrons. The lowest BCUT2D eigenvalue weighted by molar-refractivity contribution is -0.126. The Hall–Kier alpha value is -1.35. The molecule has 3 nitrogen and oxygen atoms in total. The molecular formula is C16H26N2O. The molecule has 1 unspecified atom stereocenters. The van der Waals surface area contributed by atoms with E-state index in [1.807, 2.05) is 27.8 Å². The molecule has 0 saturated carbocycles. The molecule has 0 aromatic heterocycles. The maximum Gasteiger partial charge on any atom is 0.224 e. The van der Waals surface area contributed by atoms with Crippen LogP contribution in [0.3, 0.4) is 0 Å². The summed E-state index contributed by atoms with van der Waals surface area (Å²) < 4.78 is 0. The minimum atomic E-state index is -0.342. The topological polar surface area (TPSA) is 41.1 Å². The van der Waals surface area contributed by atoms with Gasteiger partial charge in [0.25, 0.3) is 0 Å². The summed E-state index contributed by atoms with van der Waals surface area (Å²) in [5, 5.41) is 6.14. The van der Waals surface area contributed by atoms with E-state index in [0.717, 1.165) is 12.0 Å². The molecule has 1 amide bonds. The highest BCUT2D eigenvalue weighted by atomic mass is 16.2. The zero-order valence-electron chi connectivity index (χ0n) is 12.7. The van der Waals surface area contributed by atoms with E-state index in [9.17, 15) is 4.79 Å². The van der Waals surface area contributed by atoms with Crippen molar-refractivity contribution in [1.82, 2.24) is 10.6 Å². The van der Waals surface area contributed by atoms with Crippen molar-refractivity contribution in [3.63, 3.8) is 0 Å². The third-order valence-electron chi connectivity index (χ3n) is 3.48. The van der Waals surface area contributed by atoms with Gasteiger partial charge in [0, 0.05) is 12.5 Å². The molecule has 0 saturated heterocycles. The molecular weight excluding hydrogens is 236 g/mol. The molecule has 0 spiro atoms. The first-order valence-electron chi connectivity index (χ1n) is 6.96. The lowest BCUT2D eigenvalue weighted by Gasteiger charge is -2.28. The molecule has 0 aliphatic heterocycles. The number of carbonyl (C=O) groups excluding carboxylic acids is 1. The quantitative estimate of drug-likeness (QED) is 0.827. The molecule has 0 heterocycles. The molecule has 1 aromatic carbocycles. The molecule has 1 rings (SSSR count). The van der Waals surface area contributed by atoms with Gasteiger partial charge >= 0.3 is 0 Å². The first-order valence-corrected chi connectivity index (χ1v) is 6.96. The van der Waals surface area contributed by atoms with Gasteiger partial charge in [-0.1, -0.05) is 38.1 Å². The largest absolute Gasteiger partial charge is 0.347 e. The molecule has 19 heavy (non-hydrogen) atoms. The zero-order valence-corrected chi connectivity index (χ0v) is 12.7. The average molecular weight is 262 g/mol. The number of nitrogens with one attached hydrogen (secondary N) is 2. The van der Waals surface area contributed by atoms with Gasteiger partial charge in [-0.25, -0.2) is 0 Å². The molecule has 2 N–H and O–H groups in total. The van der Waals surface area contributed by atoms with Crippen LogP contribution in [-0.4, -0.2) is 19.5 Å². The molecule has 3 heteroatoms. The summed E-state index contributed by atoms with van der Waals surface area (Å²) in [5.74, 6) is 0.0538. The molecule has 0 fully saturated rings. The van der Waals surface area contributed by atoms with Gasteiger partial charge in [0.05, 0.1) is 5.54 Å². The SMILES string of the molecule is CCc1ccc(C(C)(C)NC(=O)C(C)CNC)cc1. The lowest BCUT2D eigenvalue weighted by Crippen LogP contribution is -2.45. The molecule has 0 aliphatic rings. The molecule has 1 atom stereocenters. The Morgan fingerprint density at radius 3 is 2.32 bits per heavy atom. The number of benzene rings is 1. The van der Waals surface area contributed by atoms with Crippen molar-refractivity contribution >= 4 is 5.91 Å². The Morgan fingerprint density at radius 2 is 1.84 bits per heavy atom. The molecule has 1 aromatic rings. The third kappa shape index (κ3) is 4.35. The first-order chi connectivity index (χ1) is 8.90. The van der Waals surface area contributed by atoms with Gasteiger partial charge < -0.3 is 10.6 Å². The predicted octanol–water partition coefficient (Wildman–Crippen LogP) is 2.46. The number of hydrogen-bond donors (Lipinski definition) is 2. The van der Waals surface area contributed by atoms with E-state index >= 15 is 0 Å². The van der Waals surface area contributed by atoms with Crippen molar-refractivity contribution in [2.75, 3.05) is 13.6 Å². The van der Waals surface area contributed by atoms with E-state index in [1.54, 1.807) is 0 Å². The van der Waals surface area contributed by atoms with Crippen molar-refractivity contribution in [3.05, 3.63) is 35.4 Å². The van der Waals surface area contributed by atoms with E-state index in [-0.39, 0.29) is 17.4 Å². The van der Waals surface area contributed by atoms with E-state index in [2.05, 4.69) is 41.8 Å². The van der Waals surface area contributed by atoms with Gasteiger partial charge in [-0.3, -0.25) is 4.79 Å². The first kappa shape index (κ1) is 15.7. The zero-order chi connectivity index (χ0) is 14.5. The second-order valence-electron chi connectivity index (χ2n) is 5.62. The van der Waals surface area contributed by atoms with Crippen molar-refractivity contribution in [1.29, 1.82) is 0 Å². The summed E-state index contributed by atoms with van der Waals surface area (Å²) in [6.45, 7) is 8.84. The van der Waals surface area contributed by atoms with Crippen molar-refractivity contribution < 1.29 is 4.79 Å². The van der Waals surface area contributed by atoms with Gasteiger partial charge in [-0.2, -0.15) is 0 Å². The predicted molar refractivity (Wildman–Crippen MR) is 80.1 cm³/mol. The summed E-state index contributed by atoms with van der Waals surface area (Å²) in [6, 6.07) is 8.45. The summed E-state index contributed by atoms with van der Waals surface area (Å²) in [4.78, 5) is 12.1. The minimum Gasteiger partial charge on any atom is -0.347 e. The van der Waals surface area contributed by atoms with Crippen molar-refractivity contribution in [3.8, 4) is 0 Å². The number of hydrogen-bond acceptors (Lipinski definition) is 2. The van der Waals surface area contributed by atoms with Crippen LogP contribution in [0, 0.1) is 5.92 Å². The second-order valence-corrected chi connectivity index (χ2v) is 5.62. The van der Waals surface area contributed by atoms with E-state index in [4.69, 9.17) is 0 Å². The summed E-state index contributed by atoms with van der Waals surface area (Å²) in [6.07, 6.45) is 1.03. The summed E-state index contributed by atoms with van der Waals surface area (Å²) in [7, 11) is 1.86. The van der Waals surface area contributed by atoms with E-state index in [1.165, 1.54) is 5.56 Å². The fourth-order valence-corrected chi connectivity index (χ4v) is 2.06. The fraction of sp³-hybridized carbons (Fsp3) is 0.562. The van der Waals surface area contributed by atoms with Gasteiger partial charge in [0.2, 0.25) is 5.91 Å². The lowest BCUT2D eigenvalue weighted by atomic mass is 9.92. The fourth-order valence-electron chi connectivity index (χ4n) is 2.06. The molecule has 0 aliphatic carbocycles. The third-order valence-corrected chi connectivity index (χ3v) is 3.48.